The Hall–Kier alpha value is -2.44. The molecule has 1 aromatic carbocycles. The van der Waals surface area contributed by atoms with Gasteiger partial charge in [-0.25, -0.2) is 4.79 Å². The van der Waals surface area contributed by atoms with Gasteiger partial charge in [0.25, 0.3) is 5.91 Å². The maximum absolute atomic E-state index is 12.5. The van der Waals surface area contributed by atoms with Gasteiger partial charge in [0.2, 0.25) is 5.75 Å². The minimum absolute atomic E-state index is 0.217. The van der Waals surface area contributed by atoms with Crippen molar-refractivity contribution in [1.82, 2.24) is 5.32 Å². The molecule has 0 aliphatic carbocycles. The van der Waals surface area contributed by atoms with E-state index in [0.717, 1.165) is 0 Å². The molecule has 0 aliphatic rings. The molecule has 0 aromatic heterocycles. The van der Waals surface area contributed by atoms with Gasteiger partial charge in [0, 0.05) is 5.56 Å². The summed E-state index contributed by atoms with van der Waals surface area (Å²) in [6, 6.07) is 2.34. The van der Waals surface area contributed by atoms with Crippen LogP contribution in [-0.4, -0.2) is 46.4 Å². The molecule has 24 heavy (non-hydrogen) atoms. The molecule has 7 heteroatoms. The quantitative estimate of drug-likeness (QED) is 0.730. The Bertz CT molecular complexity index is 559. The fourth-order valence-corrected chi connectivity index (χ4v) is 2.28. The Labute approximate surface area is 142 Å². The van der Waals surface area contributed by atoms with Crippen LogP contribution in [0.3, 0.4) is 0 Å². The number of benzene rings is 1. The van der Waals surface area contributed by atoms with Crippen molar-refractivity contribution in [2.24, 2.45) is 5.92 Å². The SMILES string of the molecule is COC(=O)[C@@H](CC(C)C)NC(=O)c1cc(OC)c(OC)c(OC)c1. The van der Waals surface area contributed by atoms with Gasteiger partial charge in [0.15, 0.2) is 11.5 Å². The molecule has 1 atom stereocenters. The van der Waals surface area contributed by atoms with Crippen LogP contribution in [0.2, 0.25) is 0 Å². The van der Waals surface area contributed by atoms with Crippen molar-refractivity contribution in [2.45, 2.75) is 26.3 Å². The largest absolute Gasteiger partial charge is 0.493 e. The summed E-state index contributed by atoms with van der Waals surface area (Å²) in [6.07, 6.45) is 0.475. The van der Waals surface area contributed by atoms with Gasteiger partial charge < -0.3 is 24.3 Å². The number of amides is 1. The van der Waals surface area contributed by atoms with Crippen molar-refractivity contribution in [3.8, 4) is 17.2 Å². The monoisotopic (exact) mass is 339 g/mol. The van der Waals surface area contributed by atoms with E-state index in [2.05, 4.69) is 5.32 Å². The maximum atomic E-state index is 12.5. The zero-order valence-corrected chi connectivity index (χ0v) is 15.0. The van der Waals surface area contributed by atoms with Crippen molar-refractivity contribution in [3.05, 3.63) is 17.7 Å². The number of carbonyl (C=O) groups excluding carboxylic acids is 2. The number of carbonyl (C=O) groups is 2. The maximum Gasteiger partial charge on any atom is 0.328 e. The van der Waals surface area contributed by atoms with Crippen LogP contribution in [-0.2, 0) is 9.53 Å². The average molecular weight is 339 g/mol. The predicted octanol–water partition coefficient (Wildman–Crippen LogP) is 2.03. The third-order valence-corrected chi connectivity index (χ3v) is 3.43. The van der Waals surface area contributed by atoms with Crippen LogP contribution in [0.4, 0.5) is 0 Å². The van der Waals surface area contributed by atoms with Gasteiger partial charge in [0.05, 0.1) is 28.4 Å². The topological polar surface area (TPSA) is 83.1 Å². The third-order valence-electron chi connectivity index (χ3n) is 3.43. The number of nitrogens with one attached hydrogen (secondary N) is 1. The molecule has 7 nitrogen and oxygen atoms in total. The molecular weight excluding hydrogens is 314 g/mol. The van der Waals surface area contributed by atoms with Gasteiger partial charge in [-0.2, -0.15) is 0 Å². The van der Waals surface area contributed by atoms with Crippen LogP contribution in [0.5, 0.6) is 17.2 Å². The van der Waals surface area contributed by atoms with E-state index in [-0.39, 0.29) is 5.92 Å². The molecule has 0 saturated heterocycles. The minimum Gasteiger partial charge on any atom is -0.493 e. The highest BCUT2D eigenvalue weighted by atomic mass is 16.5. The van der Waals surface area contributed by atoms with Crippen molar-refractivity contribution in [1.29, 1.82) is 0 Å². The van der Waals surface area contributed by atoms with Crippen LogP contribution in [0.1, 0.15) is 30.6 Å². The molecule has 0 unspecified atom stereocenters. The zero-order valence-electron chi connectivity index (χ0n) is 15.0. The van der Waals surface area contributed by atoms with Crippen molar-refractivity contribution in [3.63, 3.8) is 0 Å². The minimum atomic E-state index is -0.721. The number of rotatable bonds is 8. The molecule has 134 valence electrons. The van der Waals surface area contributed by atoms with Crippen molar-refractivity contribution < 1.29 is 28.5 Å². The summed E-state index contributed by atoms with van der Waals surface area (Å²) in [5, 5.41) is 2.69. The molecule has 1 amide bonds. The smallest absolute Gasteiger partial charge is 0.328 e. The Morgan fingerprint density at radius 1 is 1.00 bits per heavy atom. The predicted molar refractivity (Wildman–Crippen MR) is 88.8 cm³/mol. The summed E-state index contributed by atoms with van der Waals surface area (Å²) in [6.45, 7) is 3.92. The summed E-state index contributed by atoms with van der Waals surface area (Å²) in [4.78, 5) is 24.4. The Balaban J connectivity index is 3.11. The Kier molecular flexibility index (Phi) is 7.35. The summed E-state index contributed by atoms with van der Waals surface area (Å²) < 4.78 is 20.4. The molecule has 0 bridgehead atoms. The van der Waals surface area contributed by atoms with Gasteiger partial charge in [-0.3, -0.25) is 4.79 Å². The number of methoxy groups -OCH3 is 4. The summed E-state index contributed by atoms with van der Waals surface area (Å²) in [5.41, 5.74) is 0.294. The molecule has 0 aliphatic heterocycles. The highest BCUT2D eigenvalue weighted by Gasteiger charge is 2.24. The second kappa shape index (κ2) is 9.00. The number of hydrogen-bond donors (Lipinski definition) is 1. The summed E-state index contributed by atoms with van der Waals surface area (Å²) in [7, 11) is 5.71. The lowest BCUT2D eigenvalue weighted by atomic mass is 10.0. The van der Waals surface area contributed by atoms with E-state index in [4.69, 9.17) is 18.9 Å². The van der Waals surface area contributed by atoms with Crippen LogP contribution in [0.15, 0.2) is 12.1 Å². The van der Waals surface area contributed by atoms with Gasteiger partial charge in [-0.1, -0.05) is 13.8 Å². The van der Waals surface area contributed by atoms with E-state index in [1.807, 2.05) is 13.8 Å². The third kappa shape index (κ3) is 4.78. The number of hydrogen-bond acceptors (Lipinski definition) is 6. The summed E-state index contributed by atoms with van der Waals surface area (Å²) in [5.74, 6) is 0.424. The Morgan fingerprint density at radius 2 is 1.54 bits per heavy atom. The van der Waals surface area contributed by atoms with E-state index >= 15 is 0 Å². The average Bonchev–Trinajstić information content (AvgIpc) is 2.58. The second-order valence-corrected chi connectivity index (χ2v) is 5.59. The molecule has 0 radical (unpaired) electrons. The van der Waals surface area contributed by atoms with Crippen LogP contribution in [0.25, 0.3) is 0 Å². The first-order valence-electron chi connectivity index (χ1n) is 7.56. The van der Waals surface area contributed by atoms with Crippen LogP contribution < -0.4 is 19.5 Å². The number of esters is 1. The molecule has 0 spiro atoms. The first kappa shape index (κ1) is 19.6. The molecule has 1 N–H and O–H groups in total. The number of ether oxygens (including phenoxy) is 4. The molecule has 0 saturated carbocycles. The lowest BCUT2D eigenvalue weighted by molar-refractivity contribution is -0.143. The van der Waals surface area contributed by atoms with Gasteiger partial charge in [0.1, 0.15) is 6.04 Å². The molecular formula is C17H25NO6. The first-order chi connectivity index (χ1) is 11.4. The zero-order chi connectivity index (χ0) is 18.3. The molecule has 0 fully saturated rings. The van der Waals surface area contributed by atoms with E-state index in [0.29, 0.717) is 29.2 Å². The lowest BCUT2D eigenvalue weighted by Gasteiger charge is -2.19. The van der Waals surface area contributed by atoms with E-state index in [1.165, 1.54) is 40.6 Å². The van der Waals surface area contributed by atoms with Gasteiger partial charge >= 0.3 is 5.97 Å². The Morgan fingerprint density at radius 3 is 1.92 bits per heavy atom. The lowest BCUT2D eigenvalue weighted by Crippen LogP contribution is -2.42. The highest BCUT2D eigenvalue weighted by molar-refractivity contribution is 5.98. The van der Waals surface area contributed by atoms with Gasteiger partial charge in [-0.15, -0.1) is 0 Å². The first-order valence-corrected chi connectivity index (χ1v) is 7.56. The van der Waals surface area contributed by atoms with E-state index in [9.17, 15) is 9.59 Å². The normalized spacial score (nSPS) is 11.6. The summed E-state index contributed by atoms with van der Waals surface area (Å²) >= 11 is 0. The second-order valence-electron chi connectivity index (χ2n) is 5.59. The van der Waals surface area contributed by atoms with Crippen LogP contribution >= 0.6 is 0 Å². The highest BCUT2D eigenvalue weighted by Crippen LogP contribution is 2.38. The fourth-order valence-electron chi connectivity index (χ4n) is 2.28. The van der Waals surface area contributed by atoms with Crippen molar-refractivity contribution >= 4 is 11.9 Å². The van der Waals surface area contributed by atoms with E-state index < -0.39 is 17.9 Å². The van der Waals surface area contributed by atoms with Gasteiger partial charge in [-0.05, 0) is 24.5 Å². The molecule has 0 heterocycles. The van der Waals surface area contributed by atoms with E-state index in [1.54, 1.807) is 0 Å². The fraction of sp³-hybridized carbons (Fsp3) is 0.529. The molecule has 1 aromatic rings. The van der Waals surface area contributed by atoms with Crippen molar-refractivity contribution in [2.75, 3.05) is 28.4 Å². The van der Waals surface area contributed by atoms with Crippen LogP contribution in [0, 0.1) is 5.92 Å². The standard InChI is InChI=1S/C17H25NO6/c1-10(2)7-12(17(20)24-6)18-16(19)11-8-13(21-3)15(23-5)14(9-11)22-4/h8-10,12H,7H2,1-6H3,(H,18,19)/t12-/m1/s1. The molecule has 1 rings (SSSR count).